The fourth-order valence-electron chi connectivity index (χ4n) is 3.38. The fourth-order valence-corrected chi connectivity index (χ4v) is 3.38. The first kappa shape index (κ1) is 19.0. The van der Waals surface area contributed by atoms with Crippen molar-refractivity contribution in [1.29, 1.82) is 0 Å². The molecule has 0 unspecified atom stereocenters. The summed E-state index contributed by atoms with van der Waals surface area (Å²) in [6.45, 7) is 5.09. The van der Waals surface area contributed by atoms with Gasteiger partial charge in [0.15, 0.2) is 5.65 Å². The van der Waals surface area contributed by atoms with E-state index in [1.54, 1.807) is 20.7 Å². The summed E-state index contributed by atoms with van der Waals surface area (Å²) in [5.74, 6) is -0.109. The molecular formula is C17H25N7O3. The Bertz CT molecular complexity index is 814. The van der Waals surface area contributed by atoms with Crippen molar-refractivity contribution in [2.75, 3.05) is 50.7 Å². The zero-order valence-electron chi connectivity index (χ0n) is 15.7. The van der Waals surface area contributed by atoms with Gasteiger partial charge in [0.05, 0.1) is 24.7 Å². The third kappa shape index (κ3) is 4.33. The van der Waals surface area contributed by atoms with Gasteiger partial charge < -0.3 is 14.9 Å². The highest BCUT2D eigenvalue weighted by molar-refractivity contribution is 5.87. The van der Waals surface area contributed by atoms with Gasteiger partial charge in [-0.05, 0) is 13.0 Å². The summed E-state index contributed by atoms with van der Waals surface area (Å²) in [5.41, 5.74) is 0.780. The highest BCUT2D eigenvalue weighted by atomic mass is 16.4. The Morgan fingerprint density at radius 1 is 1.19 bits per heavy atom. The van der Waals surface area contributed by atoms with E-state index in [-0.39, 0.29) is 19.0 Å². The van der Waals surface area contributed by atoms with Crippen LogP contribution in [0.4, 0.5) is 5.82 Å². The molecule has 2 aromatic rings. The normalized spacial score (nSPS) is 14.9. The number of hydrogen-bond acceptors (Lipinski definition) is 7. The van der Waals surface area contributed by atoms with E-state index in [1.165, 1.54) is 6.33 Å². The molecule has 0 saturated carbocycles. The van der Waals surface area contributed by atoms with Gasteiger partial charge >= 0.3 is 5.97 Å². The smallest absolute Gasteiger partial charge is 0.317 e. The summed E-state index contributed by atoms with van der Waals surface area (Å²) in [6.07, 6.45) is 4.10. The average Bonchev–Trinajstić information content (AvgIpc) is 3.03. The number of carboxylic acid groups (broad SMARTS) is 1. The number of aryl methyl sites for hydroxylation is 1. The van der Waals surface area contributed by atoms with E-state index >= 15 is 0 Å². The molecule has 1 aliphatic rings. The lowest BCUT2D eigenvalue weighted by Gasteiger charge is -2.36. The Morgan fingerprint density at radius 3 is 2.59 bits per heavy atom. The molecular weight excluding hydrogens is 350 g/mol. The average molecular weight is 375 g/mol. The first-order chi connectivity index (χ1) is 13.0. The molecule has 0 atom stereocenters. The molecule has 1 amide bonds. The Kier molecular flexibility index (Phi) is 5.84. The van der Waals surface area contributed by atoms with E-state index in [2.05, 4.69) is 20.0 Å². The molecule has 27 heavy (non-hydrogen) atoms. The number of amides is 1. The molecule has 0 bridgehead atoms. The van der Waals surface area contributed by atoms with Gasteiger partial charge in [-0.1, -0.05) is 6.92 Å². The lowest BCUT2D eigenvalue weighted by atomic mass is 10.2. The minimum atomic E-state index is -0.912. The van der Waals surface area contributed by atoms with Crippen LogP contribution in [0.5, 0.6) is 0 Å². The number of carboxylic acids is 1. The second-order valence-electron chi connectivity index (χ2n) is 6.67. The van der Waals surface area contributed by atoms with Crippen molar-refractivity contribution in [2.45, 2.75) is 13.3 Å². The van der Waals surface area contributed by atoms with Gasteiger partial charge in [-0.15, -0.1) is 0 Å². The second kappa shape index (κ2) is 8.30. The number of aromatic nitrogens is 4. The summed E-state index contributed by atoms with van der Waals surface area (Å²) >= 11 is 0. The molecule has 0 spiro atoms. The van der Waals surface area contributed by atoms with Crippen molar-refractivity contribution >= 4 is 28.7 Å². The van der Waals surface area contributed by atoms with E-state index in [0.29, 0.717) is 32.7 Å². The number of nitrogens with zero attached hydrogens (tertiary/aromatic N) is 7. The van der Waals surface area contributed by atoms with Crippen LogP contribution in [0.3, 0.4) is 0 Å². The molecule has 2 aromatic heterocycles. The molecule has 1 saturated heterocycles. The summed E-state index contributed by atoms with van der Waals surface area (Å²) < 4.78 is 1.71. The molecule has 3 heterocycles. The van der Waals surface area contributed by atoms with Gasteiger partial charge in [0.2, 0.25) is 5.91 Å². The lowest BCUT2D eigenvalue weighted by molar-refractivity contribution is -0.139. The van der Waals surface area contributed by atoms with E-state index in [0.717, 1.165) is 23.3 Å². The van der Waals surface area contributed by atoms with Crippen LogP contribution in [0.1, 0.15) is 13.3 Å². The van der Waals surface area contributed by atoms with Crippen LogP contribution in [0.2, 0.25) is 0 Å². The topological polar surface area (TPSA) is 108 Å². The van der Waals surface area contributed by atoms with Gasteiger partial charge in [-0.25, -0.2) is 9.97 Å². The summed E-state index contributed by atoms with van der Waals surface area (Å²) in [7, 11) is 1.84. The lowest BCUT2D eigenvalue weighted by Crippen LogP contribution is -2.52. The van der Waals surface area contributed by atoms with Crippen molar-refractivity contribution in [3.8, 4) is 0 Å². The summed E-state index contributed by atoms with van der Waals surface area (Å²) in [4.78, 5) is 37.8. The van der Waals surface area contributed by atoms with Gasteiger partial charge in [0, 0.05) is 33.2 Å². The summed E-state index contributed by atoms with van der Waals surface area (Å²) in [5, 5.41) is 14.1. The predicted octanol–water partition coefficient (Wildman–Crippen LogP) is -0.191. The Balaban J connectivity index is 1.61. The fraction of sp³-hybridized carbons (Fsp3) is 0.588. The first-order valence-corrected chi connectivity index (χ1v) is 9.09. The van der Waals surface area contributed by atoms with Crippen LogP contribution in [-0.2, 0) is 16.6 Å². The molecule has 10 heteroatoms. The van der Waals surface area contributed by atoms with Crippen molar-refractivity contribution in [3.05, 3.63) is 12.5 Å². The molecule has 1 aliphatic heterocycles. The van der Waals surface area contributed by atoms with Crippen molar-refractivity contribution in [2.24, 2.45) is 7.05 Å². The number of piperazine rings is 1. The van der Waals surface area contributed by atoms with E-state index < -0.39 is 5.97 Å². The van der Waals surface area contributed by atoms with Crippen molar-refractivity contribution in [1.82, 2.24) is 29.5 Å². The molecule has 1 fully saturated rings. The molecule has 10 nitrogen and oxygen atoms in total. The third-order valence-electron chi connectivity index (χ3n) is 4.70. The molecule has 0 aromatic carbocycles. The number of carbonyl (C=O) groups is 2. The monoisotopic (exact) mass is 375 g/mol. The Hall–Kier alpha value is -2.75. The minimum Gasteiger partial charge on any atom is -0.480 e. The maximum absolute atomic E-state index is 12.6. The van der Waals surface area contributed by atoms with Crippen LogP contribution in [-0.4, -0.2) is 92.3 Å². The largest absolute Gasteiger partial charge is 0.480 e. The quantitative estimate of drug-likeness (QED) is 0.709. The van der Waals surface area contributed by atoms with E-state index in [9.17, 15) is 9.59 Å². The standard InChI is InChI=1S/C17H25N7O3/c1-3-4-22(11-15(26)27)10-14(25)23-5-7-24(8-6-23)17-13-9-20-21(2)16(13)18-12-19-17/h9,12H,3-8,10-11H2,1-2H3,(H,26,27). The zero-order valence-corrected chi connectivity index (χ0v) is 15.7. The van der Waals surface area contributed by atoms with Crippen molar-refractivity contribution < 1.29 is 14.7 Å². The highest BCUT2D eigenvalue weighted by Crippen LogP contribution is 2.23. The van der Waals surface area contributed by atoms with Crippen LogP contribution in [0.25, 0.3) is 11.0 Å². The van der Waals surface area contributed by atoms with Gasteiger partial charge in [-0.2, -0.15) is 5.10 Å². The van der Waals surface area contributed by atoms with E-state index in [4.69, 9.17) is 5.11 Å². The zero-order chi connectivity index (χ0) is 19.4. The number of anilines is 1. The number of aliphatic carboxylic acids is 1. The molecule has 146 valence electrons. The Labute approximate surface area is 157 Å². The number of carbonyl (C=O) groups excluding carboxylic acids is 1. The molecule has 0 aliphatic carbocycles. The maximum atomic E-state index is 12.6. The number of hydrogen-bond donors (Lipinski definition) is 1. The van der Waals surface area contributed by atoms with Gasteiger partial charge in [-0.3, -0.25) is 19.2 Å². The third-order valence-corrected chi connectivity index (χ3v) is 4.70. The SMILES string of the molecule is CCCN(CC(=O)O)CC(=O)N1CCN(c2ncnc3c2cnn3C)CC1. The van der Waals surface area contributed by atoms with Crippen LogP contribution < -0.4 is 4.90 Å². The number of rotatable bonds is 7. The molecule has 3 rings (SSSR count). The van der Waals surface area contributed by atoms with Crippen LogP contribution in [0.15, 0.2) is 12.5 Å². The first-order valence-electron chi connectivity index (χ1n) is 9.09. The molecule has 0 radical (unpaired) electrons. The Morgan fingerprint density at radius 2 is 1.93 bits per heavy atom. The highest BCUT2D eigenvalue weighted by Gasteiger charge is 2.25. The number of fused-ring (bicyclic) bond motifs is 1. The summed E-state index contributed by atoms with van der Waals surface area (Å²) in [6, 6.07) is 0. The van der Waals surface area contributed by atoms with Gasteiger partial charge in [0.1, 0.15) is 12.1 Å². The van der Waals surface area contributed by atoms with Crippen LogP contribution >= 0.6 is 0 Å². The van der Waals surface area contributed by atoms with E-state index in [1.807, 2.05) is 14.0 Å². The van der Waals surface area contributed by atoms with Crippen LogP contribution in [0, 0.1) is 0 Å². The second-order valence-corrected chi connectivity index (χ2v) is 6.67. The maximum Gasteiger partial charge on any atom is 0.317 e. The van der Waals surface area contributed by atoms with Crippen molar-refractivity contribution in [3.63, 3.8) is 0 Å². The molecule has 1 N–H and O–H groups in total. The predicted molar refractivity (Wildman–Crippen MR) is 99.5 cm³/mol. The van der Waals surface area contributed by atoms with Gasteiger partial charge in [0.25, 0.3) is 0 Å². The minimum absolute atomic E-state index is 0.0291.